The van der Waals surface area contributed by atoms with E-state index in [0.717, 1.165) is 5.56 Å². The van der Waals surface area contributed by atoms with Crippen molar-refractivity contribution in [1.82, 2.24) is 14.5 Å². The first-order chi connectivity index (χ1) is 15.5. The third kappa shape index (κ3) is 5.19. The molecule has 3 aromatic rings. The first-order valence-corrected chi connectivity index (χ1v) is 10.8. The first kappa shape index (κ1) is 23.9. The molecule has 174 valence electrons. The number of carbonyl (C=O) groups is 2. The zero-order valence-corrected chi connectivity index (χ0v) is 19.7. The number of hydrogen-bond acceptors (Lipinski definition) is 5. The van der Waals surface area contributed by atoms with E-state index < -0.39 is 17.2 Å². The van der Waals surface area contributed by atoms with E-state index in [1.807, 2.05) is 40.7 Å². The summed E-state index contributed by atoms with van der Waals surface area (Å²) in [6.07, 6.45) is 0. The van der Waals surface area contributed by atoms with Crippen molar-refractivity contribution in [2.45, 2.75) is 54.0 Å². The van der Waals surface area contributed by atoms with Gasteiger partial charge in [0.1, 0.15) is 0 Å². The number of anilines is 2. The van der Waals surface area contributed by atoms with E-state index in [4.69, 9.17) is 0 Å². The lowest BCUT2D eigenvalue weighted by Crippen LogP contribution is -2.33. The van der Waals surface area contributed by atoms with Gasteiger partial charge in [-0.2, -0.15) is 0 Å². The molecule has 0 atom stereocenters. The molecular weight excluding hydrogens is 422 g/mol. The molecular formula is C24H29N5O4. The highest BCUT2D eigenvalue weighted by Crippen LogP contribution is 2.26. The molecule has 0 bridgehead atoms. The van der Waals surface area contributed by atoms with Crippen molar-refractivity contribution in [2.24, 2.45) is 5.92 Å². The number of fused-ring (bicyclic) bond motifs is 1. The van der Waals surface area contributed by atoms with Gasteiger partial charge < -0.3 is 10.6 Å². The Morgan fingerprint density at radius 2 is 1.76 bits per heavy atom. The average molecular weight is 452 g/mol. The van der Waals surface area contributed by atoms with Crippen LogP contribution in [-0.2, 0) is 11.3 Å². The summed E-state index contributed by atoms with van der Waals surface area (Å²) in [4.78, 5) is 57.3. The third-order valence-electron chi connectivity index (χ3n) is 5.09. The zero-order valence-electron chi connectivity index (χ0n) is 19.7. The van der Waals surface area contributed by atoms with Crippen molar-refractivity contribution < 1.29 is 9.59 Å². The topological polar surface area (TPSA) is 126 Å². The van der Waals surface area contributed by atoms with E-state index in [1.54, 1.807) is 18.2 Å². The van der Waals surface area contributed by atoms with Crippen molar-refractivity contribution in [3.8, 4) is 0 Å². The molecule has 3 N–H and O–H groups in total. The molecule has 2 aromatic heterocycles. The molecule has 0 aliphatic carbocycles. The Morgan fingerprint density at radius 1 is 1.06 bits per heavy atom. The largest absolute Gasteiger partial charge is 0.330 e. The maximum Gasteiger partial charge on any atom is 0.330 e. The number of nitrogens with zero attached hydrogens (tertiary/aromatic N) is 2. The molecule has 1 aromatic carbocycles. The van der Waals surface area contributed by atoms with Crippen molar-refractivity contribution in [3.63, 3.8) is 0 Å². The van der Waals surface area contributed by atoms with E-state index in [0.29, 0.717) is 23.6 Å². The predicted molar refractivity (Wildman–Crippen MR) is 129 cm³/mol. The maximum absolute atomic E-state index is 13.4. The van der Waals surface area contributed by atoms with E-state index in [1.165, 1.54) is 11.5 Å². The van der Waals surface area contributed by atoms with Gasteiger partial charge in [0.25, 0.3) is 11.5 Å². The number of carbonyl (C=O) groups excluding carboxylic acids is 2. The monoisotopic (exact) mass is 451 g/mol. The van der Waals surface area contributed by atoms with Crippen LogP contribution in [0.25, 0.3) is 11.0 Å². The molecule has 33 heavy (non-hydrogen) atoms. The van der Waals surface area contributed by atoms with Crippen LogP contribution >= 0.6 is 0 Å². The standard InChI is InChI=1S/C24H29N5O4/c1-12(2)11-29-21-20(23(32)28-24(29)33)16(10-18(26-21)13(3)4)22(31)27-19-9-14(5)7-8-17(19)25-15(6)30/h7-10,12-13H,11H2,1-6H3,(H,25,30)(H,27,31)(H,28,32,33). The lowest BCUT2D eigenvalue weighted by molar-refractivity contribution is -0.114. The fourth-order valence-corrected chi connectivity index (χ4v) is 3.55. The Kier molecular flexibility index (Phi) is 6.81. The van der Waals surface area contributed by atoms with Gasteiger partial charge in [-0.3, -0.25) is 23.9 Å². The molecule has 0 spiro atoms. The fourth-order valence-electron chi connectivity index (χ4n) is 3.55. The van der Waals surface area contributed by atoms with Crippen LogP contribution in [0.3, 0.4) is 0 Å². The van der Waals surface area contributed by atoms with Crippen LogP contribution in [0.1, 0.15) is 62.2 Å². The number of hydrogen-bond donors (Lipinski definition) is 3. The first-order valence-electron chi connectivity index (χ1n) is 10.8. The minimum atomic E-state index is -0.672. The number of pyridine rings is 1. The SMILES string of the molecule is CC(=O)Nc1ccc(C)cc1NC(=O)c1cc(C(C)C)nc2c1c(=O)[nH]c(=O)n2CC(C)C. The number of H-pyrrole nitrogens is 1. The molecule has 9 nitrogen and oxygen atoms in total. The zero-order chi connectivity index (χ0) is 24.4. The molecule has 3 rings (SSSR count). The van der Waals surface area contributed by atoms with Crippen LogP contribution in [0.15, 0.2) is 33.9 Å². The van der Waals surface area contributed by atoms with Gasteiger partial charge in [0, 0.05) is 19.2 Å². The second kappa shape index (κ2) is 9.40. The maximum atomic E-state index is 13.4. The van der Waals surface area contributed by atoms with Crippen LogP contribution < -0.4 is 21.9 Å². The summed E-state index contributed by atoms with van der Waals surface area (Å²) in [5.74, 6) is -0.746. The number of aryl methyl sites for hydroxylation is 1. The highest BCUT2D eigenvalue weighted by molar-refractivity contribution is 6.13. The van der Waals surface area contributed by atoms with Crippen molar-refractivity contribution in [1.29, 1.82) is 0 Å². The molecule has 0 unspecified atom stereocenters. The van der Waals surface area contributed by atoms with Gasteiger partial charge >= 0.3 is 5.69 Å². The average Bonchev–Trinajstić information content (AvgIpc) is 2.71. The van der Waals surface area contributed by atoms with Gasteiger partial charge in [0.05, 0.1) is 22.3 Å². The van der Waals surface area contributed by atoms with Crippen molar-refractivity contribution in [3.05, 3.63) is 61.9 Å². The van der Waals surface area contributed by atoms with Gasteiger partial charge in [0.2, 0.25) is 5.91 Å². The molecule has 2 heterocycles. The van der Waals surface area contributed by atoms with Crippen LogP contribution in [0.2, 0.25) is 0 Å². The van der Waals surface area contributed by atoms with Gasteiger partial charge in [0.15, 0.2) is 5.65 Å². The highest BCUT2D eigenvalue weighted by Gasteiger charge is 2.21. The number of aromatic amines is 1. The van der Waals surface area contributed by atoms with Crippen molar-refractivity contribution in [2.75, 3.05) is 10.6 Å². The number of aromatic nitrogens is 3. The van der Waals surface area contributed by atoms with Crippen LogP contribution in [0.5, 0.6) is 0 Å². The van der Waals surface area contributed by atoms with E-state index >= 15 is 0 Å². The second-order valence-corrected chi connectivity index (χ2v) is 8.90. The summed E-state index contributed by atoms with van der Waals surface area (Å²) < 4.78 is 1.40. The normalized spacial score (nSPS) is 11.3. The molecule has 0 saturated carbocycles. The summed E-state index contributed by atoms with van der Waals surface area (Å²) in [5, 5.41) is 5.55. The molecule has 2 amide bonds. The Bertz CT molecular complexity index is 1350. The summed E-state index contributed by atoms with van der Waals surface area (Å²) in [6, 6.07) is 6.82. The minimum Gasteiger partial charge on any atom is -0.325 e. The Labute approximate surface area is 191 Å². The summed E-state index contributed by atoms with van der Waals surface area (Å²) in [5.41, 5.74) is 1.36. The Hall–Kier alpha value is -3.75. The quantitative estimate of drug-likeness (QED) is 0.530. The smallest absolute Gasteiger partial charge is 0.325 e. The predicted octanol–water partition coefficient (Wildman–Crippen LogP) is 3.38. The van der Waals surface area contributed by atoms with Crippen LogP contribution in [0, 0.1) is 12.8 Å². The highest BCUT2D eigenvalue weighted by atomic mass is 16.2. The third-order valence-corrected chi connectivity index (χ3v) is 5.09. The van der Waals surface area contributed by atoms with Gasteiger partial charge in [-0.15, -0.1) is 0 Å². The van der Waals surface area contributed by atoms with Gasteiger partial charge in [-0.25, -0.2) is 9.78 Å². The van der Waals surface area contributed by atoms with E-state index in [-0.39, 0.29) is 34.3 Å². The molecule has 0 aliphatic rings. The van der Waals surface area contributed by atoms with E-state index in [2.05, 4.69) is 20.6 Å². The molecule has 0 saturated heterocycles. The second-order valence-electron chi connectivity index (χ2n) is 8.90. The lowest BCUT2D eigenvalue weighted by atomic mass is 10.0. The van der Waals surface area contributed by atoms with Crippen LogP contribution in [-0.4, -0.2) is 26.3 Å². The lowest BCUT2D eigenvalue weighted by Gasteiger charge is -2.17. The Balaban J connectivity index is 2.24. The van der Waals surface area contributed by atoms with Crippen molar-refractivity contribution >= 4 is 34.2 Å². The molecule has 0 fully saturated rings. The Morgan fingerprint density at radius 3 is 2.36 bits per heavy atom. The molecule has 0 aliphatic heterocycles. The number of rotatable bonds is 6. The number of amides is 2. The van der Waals surface area contributed by atoms with Gasteiger partial charge in [-0.1, -0.05) is 33.8 Å². The number of benzene rings is 1. The van der Waals surface area contributed by atoms with Gasteiger partial charge in [-0.05, 0) is 42.5 Å². The summed E-state index contributed by atoms with van der Waals surface area (Å²) >= 11 is 0. The molecule has 0 radical (unpaired) electrons. The summed E-state index contributed by atoms with van der Waals surface area (Å²) in [6.45, 7) is 11.3. The molecule has 9 heteroatoms. The van der Waals surface area contributed by atoms with E-state index in [9.17, 15) is 19.2 Å². The van der Waals surface area contributed by atoms with Crippen LogP contribution in [0.4, 0.5) is 11.4 Å². The number of nitrogens with one attached hydrogen (secondary N) is 3. The summed E-state index contributed by atoms with van der Waals surface area (Å²) in [7, 11) is 0. The minimum absolute atomic E-state index is 0.0447. The fraction of sp³-hybridized carbons (Fsp3) is 0.375.